The van der Waals surface area contributed by atoms with Gasteiger partial charge in [-0.1, -0.05) is 37.5 Å². The van der Waals surface area contributed by atoms with Crippen LogP contribution in [0.5, 0.6) is 0 Å². The van der Waals surface area contributed by atoms with Crippen molar-refractivity contribution in [3.05, 3.63) is 29.8 Å². The van der Waals surface area contributed by atoms with Gasteiger partial charge in [-0.2, -0.15) is 13.2 Å². The van der Waals surface area contributed by atoms with Crippen molar-refractivity contribution in [2.75, 3.05) is 32.1 Å². The maximum atomic E-state index is 12.8. The van der Waals surface area contributed by atoms with Crippen molar-refractivity contribution in [1.29, 1.82) is 0 Å². The lowest BCUT2D eigenvalue weighted by molar-refractivity contribution is -0.162. The summed E-state index contributed by atoms with van der Waals surface area (Å²) in [6.45, 7) is -0.454. The fourth-order valence-corrected chi connectivity index (χ4v) is 4.49. The van der Waals surface area contributed by atoms with Crippen LogP contribution in [-0.2, 0) is 16.1 Å². The maximum absolute atomic E-state index is 12.8. The maximum Gasteiger partial charge on any atom is 0.422 e. The average molecular weight is 456 g/mol. The molecule has 178 valence electrons. The number of rotatable bonds is 6. The van der Waals surface area contributed by atoms with E-state index in [0.717, 1.165) is 17.8 Å². The number of amides is 2. The number of para-hydroxylation sites is 1. The first kappa shape index (κ1) is 24.4. The lowest BCUT2D eigenvalue weighted by atomic mass is 9.94. The van der Waals surface area contributed by atoms with Crippen LogP contribution in [-0.4, -0.2) is 60.8 Å². The number of hydrogen-bond acceptors (Lipinski definition) is 4. The quantitative estimate of drug-likeness (QED) is 0.669. The Morgan fingerprint density at radius 3 is 2.41 bits per heavy atom. The Hall–Kier alpha value is -2.29. The summed E-state index contributed by atoms with van der Waals surface area (Å²) < 4.78 is 41.0. The van der Waals surface area contributed by atoms with Gasteiger partial charge in [-0.05, 0) is 44.4 Å². The molecule has 1 aromatic carbocycles. The molecule has 1 N–H and O–H groups in total. The number of ether oxygens (including phenoxy) is 1. The van der Waals surface area contributed by atoms with Crippen LogP contribution in [0.2, 0.25) is 0 Å². The lowest BCUT2D eigenvalue weighted by Crippen LogP contribution is -2.42. The Bertz CT molecular complexity index is 773. The van der Waals surface area contributed by atoms with E-state index in [1.54, 1.807) is 0 Å². The zero-order valence-corrected chi connectivity index (χ0v) is 18.5. The number of likely N-dealkylation sites (tertiary alicyclic amines) is 1. The second kappa shape index (κ2) is 11.0. The Labute approximate surface area is 187 Å². The highest BCUT2D eigenvalue weighted by Gasteiger charge is 2.33. The SMILES string of the molecule is CN(Cc1ccccc1NC(=O)C1CCN(C(=O)OCC(F)(F)F)CC1)C1CCCCC1. The molecule has 1 saturated carbocycles. The Morgan fingerprint density at radius 1 is 1.09 bits per heavy atom. The molecule has 0 aromatic heterocycles. The van der Waals surface area contributed by atoms with E-state index in [1.807, 2.05) is 24.3 Å². The molecule has 1 saturated heterocycles. The molecular weight excluding hydrogens is 423 g/mol. The molecule has 3 rings (SSSR count). The number of benzene rings is 1. The highest BCUT2D eigenvalue weighted by Crippen LogP contribution is 2.26. The third-order valence-electron chi connectivity index (χ3n) is 6.38. The topological polar surface area (TPSA) is 61.9 Å². The summed E-state index contributed by atoms with van der Waals surface area (Å²) in [7, 11) is 2.13. The normalized spacial score (nSPS) is 18.6. The van der Waals surface area contributed by atoms with Gasteiger partial charge in [0.1, 0.15) is 0 Å². The van der Waals surface area contributed by atoms with Crippen molar-refractivity contribution >= 4 is 17.7 Å². The summed E-state index contributed by atoms with van der Waals surface area (Å²) in [5, 5.41) is 3.03. The van der Waals surface area contributed by atoms with Crippen molar-refractivity contribution in [1.82, 2.24) is 9.80 Å². The van der Waals surface area contributed by atoms with Crippen LogP contribution >= 0.6 is 0 Å². The number of nitrogens with zero attached hydrogens (tertiary/aromatic N) is 2. The van der Waals surface area contributed by atoms with E-state index in [2.05, 4.69) is 22.0 Å². The van der Waals surface area contributed by atoms with E-state index in [-0.39, 0.29) is 24.9 Å². The number of hydrogen-bond donors (Lipinski definition) is 1. The van der Waals surface area contributed by atoms with Gasteiger partial charge in [0.25, 0.3) is 0 Å². The summed E-state index contributed by atoms with van der Waals surface area (Å²) >= 11 is 0. The molecule has 1 aromatic rings. The summed E-state index contributed by atoms with van der Waals surface area (Å²) in [4.78, 5) is 28.2. The molecule has 0 bridgehead atoms. The van der Waals surface area contributed by atoms with Gasteiger partial charge >= 0.3 is 12.3 Å². The number of anilines is 1. The monoisotopic (exact) mass is 455 g/mol. The molecule has 6 nitrogen and oxygen atoms in total. The standard InChI is InChI=1S/C23H32F3N3O3/c1-28(19-8-3-2-4-9-19)15-18-7-5-6-10-20(18)27-21(30)17-11-13-29(14-12-17)22(31)32-16-23(24,25)26/h5-7,10,17,19H,2-4,8-9,11-16H2,1H3,(H,27,30). The largest absolute Gasteiger partial charge is 0.440 e. The molecule has 9 heteroatoms. The molecular formula is C23H32F3N3O3. The summed E-state index contributed by atoms with van der Waals surface area (Å²) in [6.07, 6.45) is 1.46. The molecule has 0 unspecified atom stereocenters. The smallest absolute Gasteiger partial charge is 0.422 e. The zero-order valence-electron chi connectivity index (χ0n) is 18.5. The van der Waals surface area contributed by atoms with Crippen molar-refractivity contribution in [3.63, 3.8) is 0 Å². The van der Waals surface area contributed by atoms with Crippen LogP contribution in [0.4, 0.5) is 23.7 Å². The summed E-state index contributed by atoms with van der Waals surface area (Å²) in [5.74, 6) is -0.424. The second-order valence-corrected chi connectivity index (χ2v) is 8.78. The minimum Gasteiger partial charge on any atom is -0.440 e. The van der Waals surface area contributed by atoms with Gasteiger partial charge < -0.3 is 15.0 Å². The highest BCUT2D eigenvalue weighted by molar-refractivity contribution is 5.93. The molecule has 1 heterocycles. The number of carbonyl (C=O) groups excluding carboxylic acids is 2. The summed E-state index contributed by atoms with van der Waals surface area (Å²) in [5.41, 5.74) is 1.84. The number of halogens is 3. The van der Waals surface area contributed by atoms with Gasteiger partial charge in [0, 0.05) is 37.3 Å². The fourth-order valence-electron chi connectivity index (χ4n) is 4.49. The molecule has 32 heavy (non-hydrogen) atoms. The van der Waals surface area contributed by atoms with E-state index in [4.69, 9.17) is 0 Å². The number of carbonyl (C=O) groups is 2. The summed E-state index contributed by atoms with van der Waals surface area (Å²) in [6, 6.07) is 8.33. The number of alkyl halides is 3. The van der Waals surface area contributed by atoms with Crippen LogP contribution < -0.4 is 5.32 Å². The molecule has 0 spiro atoms. The van der Waals surface area contributed by atoms with E-state index in [0.29, 0.717) is 18.9 Å². The Balaban J connectivity index is 1.50. The molecule has 2 fully saturated rings. The third kappa shape index (κ3) is 7.12. The molecule has 1 aliphatic carbocycles. The molecule has 1 aliphatic heterocycles. The Morgan fingerprint density at radius 2 is 1.75 bits per heavy atom. The van der Waals surface area contributed by atoms with Gasteiger partial charge in [0.05, 0.1) is 0 Å². The first-order valence-electron chi connectivity index (χ1n) is 11.3. The van der Waals surface area contributed by atoms with Gasteiger partial charge in [0.2, 0.25) is 5.91 Å². The van der Waals surface area contributed by atoms with Crippen molar-refractivity contribution in [2.24, 2.45) is 5.92 Å². The highest BCUT2D eigenvalue weighted by atomic mass is 19.4. The number of nitrogens with one attached hydrogen (secondary N) is 1. The molecule has 2 amide bonds. The van der Waals surface area contributed by atoms with Crippen LogP contribution in [0.25, 0.3) is 0 Å². The molecule has 0 radical (unpaired) electrons. The van der Waals surface area contributed by atoms with Crippen LogP contribution in [0.1, 0.15) is 50.5 Å². The van der Waals surface area contributed by atoms with Crippen LogP contribution in [0.15, 0.2) is 24.3 Å². The minimum absolute atomic E-state index is 0.124. The molecule has 2 aliphatic rings. The zero-order chi connectivity index (χ0) is 23.1. The molecule has 0 atom stereocenters. The number of piperidine rings is 1. The predicted octanol–water partition coefficient (Wildman–Crippen LogP) is 4.80. The fraction of sp³-hybridized carbons (Fsp3) is 0.652. The van der Waals surface area contributed by atoms with E-state index in [9.17, 15) is 22.8 Å². The van der Waals surface area contributed by atoms with E-state index in [1.165, 1.54) is 37.0 Å². The van der Waals surface area contributed by atoms with Gasteiger partial charge in [-0.25, -0.2) is 4.79 Å². The van der Waals surface area contributed by atoms with Crippen molar-refractivity contribution in [2.45, 2.75) is 63.7 Å². The van der Waals surface area contributed by atoms with E-state index >= 15 is 0 Å². The Kier molecular flexibility index (Phi) is 8.39. The van der Waals surface area contributed by atoms with Gasteiger partial charge in [-0.15, -0.1) is 0 Å². The second-order valence-electron chi connectivity index (χ2n) is 8.78. The first-order chi connectivity index (χ1) is 15.2. The van der Waals surface area contributed by atoms with Gasteiger partial charge in [-0.3, -0.25) is 9.69 Å². The third-order valence-corrected chi connectivity index (χ3v) is 6.38. The van der Waals surface area contributed by atoms with Crippen molar-refractivity contribution < 1.29 is 27.5 Å². The van der Waals surface area contributed by atoms with Gasteiger partial charge in [0.15, 0.2) is 6.61 Å². The predicted molar refractivity (Wildman–Crippen MR) is 115 cm³/mol. The van der Waals surface area contributed by atoms with Crippen molar-refractivity contribution in [3.8, 4) is 0 Å². The van der Waals surface area contributed by atoms with Crippen LogP contribution in [0.3, 0.4) is 0 Å². The average Bonchev–Trinajstić information content (AvgIpc) is 2.79. The van der Waals surface area contributed by atoms with E-state index < -0.39 is 18.9 Å². The minimum atomic E-state index is -4.55. The first-order valence-corrected chi connectivity index (χ1v) is 11.3. The lowest BCUT2D eigenvalue weighted by Gasteiger charge is -2.32. The van der Waals surface area contributed by atoms with Crippen LogP contribution in [0, 0.1) is 5.92 Å².